The van der Waals surface area contributed by atoms with Crippen LogP contribution in [0.5, 0.6) is 0 Å². The minimum absolute atomic E-state index is 0.183. The van der Waals surface area contributed by atoms with E-state index in [9.17, 15) is 4.39 Å². The number of benzene rings is 1. The highest BCUT2D eigenvalue weighted by Gasteiger charge is 2.09. The van der Waals surface area contributed by atoms with E-state index in [4.69, 9.17) is 0 Å². The fraction of sp³-hybridized carbons (Fsp3) is 0.400. The molecular weight excluding hydrogens is 241 g/mol. The van der Waals surface area contributed by atoms with Gasteiger partial charge in [0.15, 0.2) is 0 Å². The van der Waals surface area contributed by atoms with Crippen LogP contribution in [-0.2, 0) is 0 Å². The van der Waals surface area contributed by atoms with E-state index >= 15 is 0 Å². The lowest BCUT2D eigenvalue weighted by Crippen LogP contribution is -2.12. The van der Waals surface area contributed by atoms with Crippen LogP contribution >= 0.6 is 0 Å². The lowest BCUT2D eigenvalue weighted by Gasteiger charge is -2.12. The molecule has 0 saturated carbocycles. The first-order valence-electron chi connectivity index (χ1n) is 6.53. The Morgan fingerprint density at radius 3 is 2.68 bits per heavy atom. The molecule has 0 radical (unpaired) electrons. The molecule has 0 fully saturated rings. The van der Waals surface area contributed by atoms with E-state index in [1.54, 1.807) is 13.0 Å². The molecule has 1 aromatic carbocycles. The summed E-state index contributed by atoms with van der Waals surface area (Å²) in [5.41, 5.74) is 2.50. The minimum Gasteiger partial charge on any atom is -0.355 e. The summed E-state index contributed by atoms with van der Waals surface area (Å²) in [5, 5.41) is 3.32. The van der Waals surface area contributed by atoms with Crippen molar-refractivity contribution in [3.8, 4) is 5.69 Å². The second-order valence-corrected chi connectivity index (χ2v) is 5.28. The highest BCUT2D eigenvalue weighted by molar-refractivity contribution is 5.44. The lowest BCUT2D eigenvalue weighted by atomic mass is 10.2. The summed E-state index contributed by atoms with van der Waals surface area (Å²) < 4.78 is 15.3. The molecule has 0 unspecified atom stereocenters. The van der Waals surface area contributed by atoms with Crippen LogP contribution in [0.2, 0.25) is 0 Å². The van der Waals surface area contributed by atoms with Crippen LogP contribution in [0.3, 0.4) is 0 Å². The van der Waals surface area contributed by atoms with Crippen molar-refractivity contribution in [2.45, 2.75) is 27.7 Å². The van der Waals surface area contributed by atoms with Crippen LogP contribution in [0.4, 0.5) is 10.3 Å². The van der Waals surface area contributed by atoms with Gasteiger partial charge in [-0.1, -0.05) is 13.8 Å². The predicted molar refractivity (Wildman–Crippen MR) is 76.3 cm³/mol. The summed E-state index contributed by atoms with van der Waals surface area (Å²) in [6.07, 6.45) is 1.95. The molecule has 3 nitrogen and oxygen atoms in total. The number of nitrogens with zero attached hydrogens (tertiary/aromatic N) is 2. The largest absolute Gasteiger partial charge is 0.355 e. The topological polar surface area (TPSA) is 29.9 Å². The fourth-order valence-corrected chi connectivity index (χ4v) is 1.89. The molecule has 0 aliphatic rings. The molecule has 102 valence electrons. The van der Waals surface area contributed by atoms with E-state index in [1.165, 1.54) is 6.07 Å². The summed E-state index contributed by atoms with van der Waals surface area (Å²) in [7, 11) is 0. The first-order chi connectivity index (χ1) is 8.97. The number of rotatable bonds is 4. The highest BCUT2D eigenvalue weighted by atomic mass is 19.1. The van der Waals surface area contributed by atoms with Crippen LogP contribution in [-0.4, -0.2) is 16.1 Å². The van der Waals surface area contributed by atoms with E-state index in [0.717, 1.165) is 23.9 Å². The van der Waals surface area contributed by atoms with Crippen molar-refractivity contribution in [2.24, 2.45) is 5.92 Å². The van der Waals surface area contributed by atoms with Crippen molar-refractivity contribution in [1.29, 1.82) is 0 Å². The maximum atomic E-state index is 13.3. The Kier molecular flexibility index (Phi) is 3.88. The first kappa shape index (κ1) is 13.6. The van der Waals surface area contributed by atoms with Gasteiger partial charge in [0.05, 0.1) is 5.69 Å². The maximum absolute atomic E-state index is 13.3. The summed E-state index contributed by atoms with van der Waals surface area (Å²) in [4.78, 5) is 4.47. The van der Waals surface area contributed by atoms with Gasteiger partial charge in [-0.15, -0.1) is 0 Å². The van der Waals surface area contributed by atoms with Crippen molar-refractivity contribution >= 4 is 5.95 Å². The number of aromatic nitrogens is 2. The van der Waals surface area contributed by atoms with Crippen LogP contribution in [0.1, 0.15) is 25.1 Å². The summed E-state index contributed by atoms with van der Waals surface area (Å²) in [5.74, 6) is 1.16. The quantitative estimate of drug-likeness (QED) is 0.909. The number of aryl methyl sites for hydroxylation is 2. The Hall–Kier alpha value is -1.84. The molecule has 2 rings (SSSR count). The molecule has 0 bridgehead atoms. The zero-order valence-electron chi connectivity index (χ0n) is 11.9. The molecule has 1 N–H and O–H groups in total. The average molecular weight is 261 g/mol. The van der Waals surface area contributed by atoms with Crippen molar-refractivity contribution in [2.75, 3.05) is 11.9 Å². The Morgan fingerprint density at radius 1 is 1.32 bits per heavy atom. The average Bonchev–Trinajstić information content (AvgIpc) is 2.71. The molecule has 0 aliphatic heterocycles. The van der Waals surface area contributed by atoms with Gasteiger partial charge in [-0.3, -0.25) is 4.57 Å². The van der Waals surface area contributed by atoms with Gasteiger partial charge in [-0.2, -0.15) is 0 Å². The van der Waals surface area contributed by atoms with Crippen molar-refractivity contribution < 1.29 is 4.39 Å². The van der Waals surface area contributed by atoms with E-state index in [-0.39, 0.29) is 5.82 Å². The second-order valence-electron chi connectivity index (χ2n) is 5.28. The molecule has 2 aromatic rings. The summed E-state index contributed by atoms with van der Waals surface area (Å²) in [6.45, 7) is 8.87. The minimum atomic E-state index is -0.183. The third-order valence-corrected chi connectivity index (χ3v) is 2.91. The van der Waals surface area contributed by atoms with Gasteiger partial charge in [-0.05, 0) is 43.5 Å². The Bertz CT molecular complexity index is 573. The Balaban J connectivity index is 2.35. The highest BCUT2D eigenvalue weighted by Crippen LogP contribution is 2.19. The first-order valence-corrected chi connectivity index (χ1v) is 6.53. The number of anilines is 1. The van der Waals surface area contributed by atoms with Gasteiger partial charge in [0.25, 0.3) is 0 Å². The van der Waals surface area contributed by atoms with Crippen LogP contribution in [0, 0.1) is 25.6 Å². The zero-order valence-corrected chi connectivity index (χ0v) is 11.9. The van der Waals surface area contributed by atoms with Crippen molar-refractivity contribution in [1.82, 2.24) is 9.55 Å². The third kappa shape index (κ3) is 3.13. The van der Waals surface area contributed by atoms with Crippen LogP contribution in [0.15, 0.2) is 24.4 Å². The van der Waals surface area contributed by atoms with Crippen molar-refractivity contribution in [3.05, 3.63) is 41.5 Å². The molecule has 4 heteroatoms. The smallest absolute Gasteiger partial charge is 0.207 e. The van der Waals surface area contributed by atoms with Crippen molar-refractivity contribution in [3.63, 3.8) is 0 Å². The molecule has 0 atom stereocenters. The number of imidazole rings is 1. The van der Waals surface area contributed by atoms with E-state index in [2.05, 4.69) is 24.1 Å². The van der Waals surface area contributed by atoms with Gasteiger partial charge >= 0.3 is 0 Å². The predicted octanol–water partition coefficient (Wildman–Crippen LogP) is 3.70. The molecule has 1 aromatic heterocycles. The molecule has 19 heavy (non-hydrogen) atoms. The molecule has 0 aliphatic carbocycles. The normalized spacial score (nSPS) is 11.1. The summed E-state index contributed by atoms with van der Waals surface area (Å²) >= 11 is 0. The number of hydrogen-bond donors (Lipinski definition) is 1. The number of hydrogen-bond acceptors (Lipinski definition) is 2. The SMILES string of the molecule is Cc1cn(-c2ccc(F)c(C)c2)c(NCC(C)C)n1. The van der Waals surface area contributed by atoms with Gasteiger partial charge in [0.1, 0.15) is 5.82 Å². The lowest BCUT2D eigenvalue weighted by molar-refractivity contribution is 0.618. The van der Waals surface area contributed by atoms with Crippen LogP contribution in [0.25, 0.3) is 5.69 Å². The van der Waals surface area contributed by atoms with E-state index < -0.39 is 0 Å². The number of nitrogens with one attached hydrogen (secondary N) is 1. The molecule has 0 saturated heterocycles. The monoisotopic (exact) mass is 261 g/mol. The maximum Gasteiger partial charge on any atom is 0.207 e. The third-order valence-electron chi connectivity index (χ3n) is 2.91. The van der Waals surface area contributed by atoms with Gasteiger partial charge in [0, 0.05) is 18.4 Å². The van der Waals surface area contributed by atoms with Crippen LogP contribution < -0.4 is 5.32 Å². The molecule has 1 heterocycles. The van der Waals surface area contributed by atoms with Gasteiger partial charge in [-0.25, -0.2) is 9.37 Å². The molecular formula is C15H20FN3. The van der Waals surface area contributed by atoms with E-state index in [0.29, 0.717) is 11.5 Å². The second kappa shape index (κ2) is 5.43. The fourth-order valence-electron chi connectivity index (χ4n) is 1.89. The molecule has 0 spiro atoms. The summed E-state index contributed by atoms with van der Waals surface area (Å²) in [6, 6.07) is 5.09. The Morgan fingerprint density at radius 2 is 2.05 bits per heavy atom. The van der Waals surface area contributed by atoms with Gasteiger partial charge < -0.3 is 5.32 Å². The standard InChI is InChI=1S/C15H20FN3/c1-10(2)8-17-15-18-12(4)9-19(15)13-5-6-14(16)11(3)7-13/h5-7,9-10H,8H2,1-4H3,(H,17,18). The Labute approximate surface area is 113 Å². The molecule has 0 amide bonds. The van der Waals surface area contributed by atoms with E-state index in [1.807, 2.05) is 23.8 Å². The number of halogens is 1. The van der Waals surface area contributed by atoms with Gasteiger partial charge in [0.2, 0.25) is 5.95 Å². The zero-order chi connectivity index (χ0) is 14.0.